The smallest absolute Gasteiger partial charge is 0.287 e. The Balaban J connectivity index is 2.77. The van der Waals surface area contributed by atoms with Crippen LogP contribution in [0.25, 0.3) is 0 Å². The van der Waals surface area contributed by atoms with Gasteiger partial charge in [-0.15, -0.1) is 0 Å². The fraction of sp³-hybridized carbons (Fsp3) is 0.417. The third-order valence-electron chi connectivity index (χ3n) is 2.12. The molecule has 1 aromatic rings. The molecule has 3 heteroatoms. The average Bonchev–Trinajstić information content (AvgIpc) is 2.14. The van der Waals surface area contributed by atoms with Crippen molar-refractivity contribution in [3.05, 3.63) is 29.3 Å². The molecule has 0 aromatic heterocycles. The van der Waals surface area contributed by atoms with Crippen LogP contribution in [0.1, 0.15) is 37.8 Å². The van der Waals surface area contributed by atoms with Crippen LogP contribution in [-0.2, 0) is 9.68 Å². The van der Waals surface area contributed by atoms with Gasteiger partial charge in [0, 0.05) is 6.92 Å². The Morgan fingerprint density at radius 1 is 1.33 bits per heavy atom. The van der Waals surface area contributed by atoms with E-state index in [1.165, 1.54) is 12.5 Å². The molecule has 0 aliphatic carbocycles. The van der Waals surface area contributed by atoms with Crippen LogP contribution < -0.4 is 4.89 Å². The van der Waals surface area contributed by atoms with Crippen molar-refractivity contribution in [2.24, 2.45) is 0 Å². The van der Waals surface area contributed by atoms with Crippen LogP contribution in [0.15, 0.2) is 18.2 Å². The summed E-state index contributed by atoms with van der Waals surface area (Å²) in [6.45, 7) is 7.58. The lowest BCUT2D eigenvalue weighted by atomic mass is 9.98. The van der Waals surface area contributed by atoms with Gasteiger partial charge in [-0.05, 0) is 36.1 Å². The molecule has 0 aliphatic rings. The molecule has 15 heavy (non-hydrogen) atoms. The van der Waals surface area contributed by atoms with Crippen LogP contribution in [0.2, 0.25) is 0 Å². The summed E-state index contributed by atoms with van der Waals surface area (Å²) < 4.78 is 0. The van der Waals surface area contributed by atoms with Crippen molar-refractivity contribution in [3.63, 3.8) is 0 Å². The van der Waals surface area contributed by atoms with Crippen molar-refractivity contribution >= 4 is 5.97 Å². The SMILES string of the molecule is CC(=O)OOc1ccc(C(C)C)c(C)c1. The number of hydrogen-bond donors (Lipinski definition) is 0. The van der Waals surface area contributed by atoms with Gasteiger partial charge in [0.15, 0.2) is 5.75 Å². The fourth-order valence-electron chi connectivity index (χ4n) is 1.45. The molecule has 0 atom stereocenters. The second kappa shape index (κ2) is 4.82. The Bertz CT molecular complexity index is 356. The molecule has 3 nitrogen and oxygen atoms in total. The predicted molar refractivity (Wildman–Crippen MR) is 57.7 cm³/mol. The molecule has 0 aliphatic heterocycles. The van der Waals surface area contributed by atoms with Crippen molar-refractivity contribution < 1.29 is 14.6 Å². The van der Waals surface area contributed by atoms with E-state index in [0.29, 0.717) is 11.7 Å². The van der Waals surface area contributed by atoms with Gasteiger partial charge < -0.3 is 0 Å². The van der Waals surface area contributed by atoms with Gasteiger partial charge in [-0.25, -0.2) is 4.79 Å². The maximum Gasteiger partial charge on any atom is 0.352 e. The van der Waals surface area contributed by atoms with Crippen molar-refractivity contribution in [1.29, 1.82) is 0 Å². The first kappa shape index (κ1) is 11.6. The van der Waals surface area contributed by atoms with Gasteiger partial charge in [-0.1, -0.05) is 19.9 Å². The highest BCUT2D eigenvalue weighted by Crippen LogP contribution is 2.23. The molecule has 0 saturated heterocycles. The first-order chi connectivity index (χ1) is 7.00. The Hall–Kier alpha value is -1.51. The normalized spacial score (nSPS) is 10.2. The lowest BCUT2D eigenvalue weighted by Gasteiger charge is -2.10. The summed E-state index contributed by atoms with van der Waals surface area (Å²) in [6, 6.07) is 5.64. The van der Waals surface area contributed by atoms with E-state index in [1.54, 1.807) is 6.07 Å². The lowest BCUT2D eigenvalue weighted by molar-refractivity contribution is -0.210. The third kappa shape index (κ3) is 3.27. The van der Waals surface area contributed by atoms with Gasteiger partial charge in [0.2, 0.25) is 0 Å². The zero-order valence-corrected chi connectivity index (χ0v) is 9.53. The standard InChI is InChI=1S/C12H16O3/c1-8(2)12-6-5-11(7-9(12)3)15-14-10(4)13/h5-8H,1-4H3. The highest BCUT2D eigenvalue weighted by atomic mass is 17.2. The molecule has 0 heterocycles. The molecule has 1 rings (SSSR count). The topological polar surface area (TPSA) is 35.5 Å². The van der Waals surface area contributed by atoms with Crippen LogP contribution in [0.5, 0.6) is 5.75 Å². The van der Waals surface area contributed by atoms with Crippen LogP contribution >= 0.6 is 0 Å². The summed E-state index contributed by atoms with van der Waals surface area (Å²) in [4.78, 5) is 19.8. The van der Waals surface area contributed by atoms with Crippen LogP contribution in [0, 0.1) is 6.92 Å². The molecule has 1 aromatic carbocycles. The zero-order valence-electron chi connectivity index (χ0n) is 9.53. The first-order valence-corrected chi connectivity index (χ1v) is 4.96. The fourth-order valence-corrected chi connectivity index (χ4v) is 1.45. The molecule has 82 valence electrons. The largest absolute Gasteiger partial charge is 0.352 e. The van der Waals surface area contributed by atoms with E-state index in [4.69, 9.17) is 4.89 Å². The van der Waals surface area contributed by atoms with E-state index in [9.17, 15) is 4.79 Å². The molecular weight excluding hydrogens is 192 g/mol. The summed E-state index contributed by atoms with van der Waals surface area (Å²) in [5.41, 5.74) is 2.40. The second-order valence-corrected chi connectivity index (χ2v) is 3.83. The molecule has 0 bridgehead atoms. The molecule has 0 N–H and O–H groups in total. The molecule has 0 radical (unpaired) electrons. The number of carbonyl (C=O) groups excluding carboxylic acids is 1. The van der Waals surface area contributed by atoms with Gasteiger partial charge in [-0.2, -0.15) is 0 Å². The number of benzene rings is 1. The average molecular weight is 208 g/mol. The molecule has 0 unspecified atom stereocenters. The van der Waals surface area contributed by atoms with Crippen molar-refractivity contribution in [3.8, 4) is 5.75 Å². The van der Waals surface area contributed by atoms with Gasteiger partial charge in [0.05, 0.1) is 0 Å². The maximum atomic E-state index is 10.5. The van der Waals surface area contributed by atoms with Gasteiger partial charge in [-0.3, -0.25) is 9.78 Å². The van der Waals surface area contributed by atoms with Crippen molar-refractivity contribution in [1.82, 2.24) is 0 Å². The summed E-state index contributed by atoms with van der Waals surface area (Å²) in [5.74, 6) is 0.570. The first-order valence-electron chi connectivity index (χ1n) is 4.96. The summed E-state index contributed by atoms with van der Waals surface area (Å²) in [7, 11) is 0. The van der Waals surface area contributed by atoms with E-state index in [2.05, 4.69) is 18.7 Å². The van der Waals surface area contributed by atoms with Crippen molar-refractivity contribution in [2.75, 3.05) is 0 Å². The minimum atomic E-state index is -0.458. The number of hydrogen-bond acceptors (Lipinski definition) is 3. The maximum absolute atomic E-state index is 10.5. The van der Waals surface area contributed by atoms with Crippen LogP contribution in [0.3, 0.4) is 0 Å². The van der Waals surface area contributed by atoms with E-state index < -0.39 is 5.97 Å². The number of carbonyl (C=O) groups is 1. The Morgan fingerprint density at radius 3 is 2.47 bits per heavy atom. The van der Waals surface area contributed by atoms with Crippen LogP contribution in [0.4, 0.5) is 0 Å². The van der Waals surface area contributed by atoms with E-state index in [1.807, 2.05) is 19.1 Å². The Kier molecular flexibility index (Phi) is 3.72. The highest BCUT2D eigenvalue weighted by molar-refractivity contribution is 5.65. The molecule has 0 amide bonds. The van der Waals surface area contributed by atoms with E-state index in [0.717, 1.165) is 5.56 Å². The number of aryl methyl sites for hydroxylation is 1. The number of rotatable bonds is 3. The molecule has 0 fully saturated rings. The van der Waals surface area contributed by atoms with E-state index in [-0.39, 0.29) is 0 Å². The monoisotopic (exact) mass is 208 g/mol. The molecular formula is C12H16O3. The summed E-state index contributed by atoms with van der Waals surface area (Å²) in [6.07, 6.45) is 0. The minimum absolute atomic E-state index is 0.458. The predicted octanol–water partition coefficient (Wildman–Crippen LogP) is 2.98. The lowest BCUT2D eigenvalue weighted by Crippen LogP contribution is -2.03. The summed E-state index contributed by atoms with van der Waals surface area (Å²) >= 11 is 0. The van der Waals surface area contributed by atoms with Crippen molar-refractivity contribution in [2.45, 2.75) is 33.6 Å². The molecule has 0 spiro atoms. The van der Waals surface area contributed by atoms with Gasteiger partial charge in [0.1, 0.15) is 0 Å². The van der Waals surface area contributed by atoms with Crippen LogP contribution in [-0.4, -0.2) is 5.97 Å². The Morgan fingerprint density at radius 2 is 2.00 bits per heavy atom. The molecule has 0 saturated carbocycles. The van der Waals surface area contributed by atoms with E-state index >= 15 is 0 Å². The Labute approximate surface area is 89.9 Å². The van der Waals surface area contributed by atoms with Gasteiger partial charge in [0.25, 0.3) is 0 Å². The quantitative estimate of drug-likeness (QED) is 0.566. The third-order valence-corrected chi connectivity index (χ3v) is 2.12. The second-order valence-electron chi connectivity index (χ2n) is 3.83. The zero-order chi connectivity index (χ0) is 11.4. The highest BCUT2D eigenvalue weighted by Gasteiger charge is 2.05. The summed E-state index contributed by atoms with van der Waals surface area (Å²) in [5, 5.41) is 0. The minimum Gasteiger partial charge on any atom is -0.287 e. The van der Waals surface area contributed by atoms with Gasteiger partial charge >= 0.3 is 5.97 Å².